The lowest BCUT2D eigenvalue weighted by molar-refractivity contribution is 0.0560. The molecule has 1 aromatic heterocycles. The number of amides is 2. The highest BCUT2D eigenvalue weighted by atomic mass is 35.5. The molecule has 1 saturated heterocycles. The summed E-state index contributed by atoms with van der Waals surface area (Å²) in [5.41, 5.74) is 3.62. The number of nitrogens with zero attached hydrogens (tertiary/aromatic N) is 3. The molecule has 1 atom stereocenters. The van der Waals surface area contributed by atoms with Crippen molar-refractivity contribution >= 4 is 34.5 Å². The van der Waals surface area contributed by atoms with Crippen molar-refractivity contribution in [2.24, 2.45) is 0 Å². The molecule has 1 aromatic carbocycles. The van der Waals surface area contributed by atoms with Gasteiger partial charge in [-0.15, -0.1) is 0 Å². The third-order valence-electron chi connectivity index (χ3n) is 6.08. The van der Waals surface area contributed by atoms with Crippen LogP contribution in [0.15, 0.2) is 18.2 Å². The molecule has 1 unspecified atom stereocenters. The standard InChI is InChI=1S/C23H28ClN3O3/c1-3-13-30-23(29)27-11-9-26(10-12-27)22(28)16-7-8-17-19(14-16)25-18-6-4-5-15(2)20(18)21(17)24/h7-8,14-15H,3-6,9-13H2,1-2H3. The van der Waals surface area contributed by atoms with Crippen LogP contribution in [0.3, 0.4) is 0 Å². The van der Waals surface area contributed by atoms with E-state index < -0.39 is 0 Å². The zero-order valence-electron chi connectivity index (χ0n) is 17.6. The van der Waals surface area contributed by atoms with E-state index in [1.165, 1.54) is 5.56 Å². The number of fused-ring (bicyclic) bond motifs is 2. The highest BCUT2D eigenvalue weighted by Crippen LogP contribution is 2.39. The summed E-state index contributed by atoms with van der Waals surface area (Å²) in [6.45, 7) is 6.54. The van der Waals surface area contributed by atoms with E-state index in [0.717, 1.165) is 47.3 Å². The normalized spacial score (nSPS) is 19.0. The predicted molar refractivity (Wildman–Crippen MR) is 117 cm³/mol. The number of carbonyl (C=O) groups excluding carboxylic acids is 2. The number of carbonyl (C=O) groups is 2. The first-order chi connectivity index (χ1) is 14.5. The average Bonchev–Trinajstić information content (AvgIpc) is 2.76. The summed E-state index contributed by atoms with van der Waals surface area (Å²) >= 11 is 6.73. The molecule has 2 aliphatic rings. The quantitative estimate of drug-likeness (QED) is 0.713. The van der Waals surface area contributed by atoms with Gasteiger partial charge in [-0.3, -0.25) is 9.78 Å². The summed E-state index contributed by atoms with van der Waals surface area (Å²) < 4.78 is 5.19. The maximum absolute atomic E-state index is 13.0. The fraction of sp³-hybridized carbons (Fsp3) is 0.522. The van der Waals surface area contributed by atoms with Gasteiger partial charge in [0.15, 0.2) is 0 Å². The molecule has 0 spiro atoms. The van der Waals surface area contributed by atoms with Crippen LogP contribution in [-0.2, 0) is 11.2 Å². The van der Waals surface area contributed by atoms with Crippen molar-refractivity contribution < 1.29 is 14.3 Å². The molecular weight excluding hydrogens is 402 g/mol. The number of aromatic nitrogens is 1. The molecule has 4 rings (SSSR count). The first-order valence-corrected chi connectivity index (χ1v) is 11.2. The molecule has 1 aliphatic carbocycles. The Morgan fingerprint density at radius 3 is 2.67 bits per heavy atom. The molecular formula is C23H28ClN3O3. The molecule has 7 heteroatoms. The van der Waals surface area contributed by atoms with Crippen LogP contribution in [-0.4, -0.2) is 59.6 Å². The minimum absolute atomic E-state index is 0.0394. The third kappa shape index (κ3) is 3.97. The van der Waals surface area contributed by atoms with Crippen LogP contribution >= 0.6 is 11.6 Å². The minimum Gasteiger partial charge on any atom is -0.449 e. The highest BCUT2D eigenvalue weighted by molar-refractivity contribution is 6.36. The number of halogens is 1. The lowest BCUT2D eigenvalue weighted by Gasteiger charge is -2.34. The second-order valence-electron chi connectivity index (χ2n) is 8.20. The molecule has 0 bridgehead atoms. The van der Waals surface area contributed by atoms with Gasteiger partial charge in [0.05, 0.1) is 17.1 Å². The molecule has 2 aromatic rings. The van der Waals surface area contributed by atoms with Crippen LogP contribution in [0, 0.1) is 0 Å². The number of pyridine rings is 1. The van der Waals surface area contributed by atoms with E-state index in [1.807, 2.05) is 25.1 Å². The van der Waals surface area contributed by atoms with Gasteiger partial charge >= 0.3 is 6.09 Å². The highest BCUT2D eigenvalue weighted by Gasteiger charge is 2.27. The smallest absolute Gasteiger partial charge is 0.409 e. The molecule has 30 heavy (non-hydrogen) atoms. The lowest BCUT2D eigenvalue weighted by atomic mass is 9.86. The Morgan fingerprint density at radius 2 is 1.93 bits per heavy atom. The van der Waals surface area contributed by atoms with Gasteiger partial charge < -0.3 is 14.5 Å². The number of aryl methyl sites for hydroxylation is 1. The first-order valence-electron chi connectivity index (χ1n) is 10.8. The Labute approximate surface area is 182 Å². The van der Waals surface area contributed by atoms with Crippen molar-refractivity contribution in [3.8, 4) is 0 Å². The van der Waals surface area contributed by atoms with Gasteiger partial charge in [-0.05, 0) is 49.3 Å². The van der Waals surface area contributed by atoms with Gasteiger partial charge in [0.25, 0.3) is 5.91 Å². The zero-order valence-corrected chi connectivity index (χ0v) is 18.4. The summed E-state index contributed by atoms with van der Waals surface area (Å²) in [6, 6.07) is 5.60. The summed E-state index contributed by atoms with van der Waals surface area (Å²) in [5.74, 6) is 0.377. The van der Waals surface area contributed by atoms with Gasteiger partial charge in [0.1, 0.15) is 0 Å². The molecule has 0 radical (unpaired) electrons. The molecule has 1 aliphatic heterocycles. The Balaban J connectivity index is 1.51. The van der Waals surface area contributed by atoms with E-state index in [1.54, 1.807) is 9.80 Å². The van der Waals surface area contributed by atoms with Crippen molar-refractivity contribution in [3.05, 3.63) is 40.0 Å². The molecule has 2 heterocycles. The van der Waals surface area contributed by atoms with E-state index in [9.17, 15) is 9.59 Å². The maximum atomic E-state index is 13.0. The first kappa shape index (κ1) is 20.9. The molecule has 2 amide bonds. The number of piperazine rings is 1. The summed E-state index contributed by atoms with van der Waals surface area (Å²) in [5, 5.41) is 1.68. The second-order valence-corrected chi connectivity index (χ2v) is 8.58. The summed E-state index contributed by atoms with van der Waals surface area (Å²) in [7, 11) is 0. The Morgan fingerprint density at radius 1 is 1.20 bits per heavy atom. The number of hydrogen-bond acceptors (Lipinski definition) is 4. The van der Waals surface area contributed by atoms with Crippen molar-refractivity contribution in [1.82, 2.24) is 14.8 Å². The van der Waals surface area contributed by atoms with Crippen molar-refractivity contribution in [2.75, 3.05) is 32.8 Å². The topological polar surface area (TPSA) is 62.7 Å². The molecule has 6 nitrogen and oxygen atoms in total. The zero-order chi connectivity index (χ0) is 21.3. The second kappa shape index (κ2) is 8.80. The third-order valence-corrected chi connectivity index (χ3v) is 6.49. The Hall–Kier alpha value is -2.34. The van der Waals surface area contributed by atoms with Gasteiger partial charge in [-0.1, -0.05) is 31.5 Å². The SMILES string of the molecule is CCCOC(=O)N1CCN(C(=O)c2ccc3c(Cl)c4c(nc3c2)CCCC4C)CC1. The van der Waals surface area contributed by atoms with E-state index in [4.69, 9.17) is 21.3 Å². The number of ether oxygens (including phenoxy) is 1. The van der Waals surface area contributed by atoms with Crippen LogP contribution in [0.5, 0.6) is 0 Å². The fourth-order valence-electron chi connectivity index (χ4n) is 4.39. The average molecular weight is 430 g/mol. The minimum atomic E-state index is -0.299. The number of benzene rings is 1. The van der Waals surface area contributed by atoms with Crippen LogP contribution in [0.1, 0.15) is 60.6 Å². The molecule has 0 saturated carbocycles. The number of hydrogen-bond donors (Lipinski definition) is 0. The van der Waals surface area contributed by atoms with Gasteiger partial charge in [-0.25, -0.2) is 4.79 Å². The molecule has 1 fully saturated rings. The van der Waals surface area contributed by atoms with Crippen LogP contribution in [0.25, 0.3) is 10.9 Å². The van der Waals surface area contributed by atoms with Crippen LogP contribution in [0.4, 0.5) is 4.79 Å². The Bertz CT molecular complexity index is 970. The maximum Gasteiger partial charge on any atom is 0.409 e. The number of rotatable bonds is 3. The van der Waals surface area contributed by atoms with Crippen molar-refractivity contribution in [2.45, 2.75) is 45.4 Å². The van der Waals surface area contributed by atoms with E-state index in [2.05, 4.69) is 6.92 Å². The fourth-order valence-corrected chi connectivity index (χ4v) is 4.84. The van der Waals surface area contributed by atoms with Gasteiger partial charge in [-0.2, -0.15) is 0 Å². The van der Waals surface area contributed by atoms with Crippen LogP contribution in [0.2, 0.25) is 5.02 Å². The summed E-state index contributed by atoms with van der Waals surface area (Å²) in [4.78, 5) is 33.4. The predicted octanol–water partition coefficient (Wildman–Crippen LogP) is 4.63. The summed E-state index contributed by atoms with van der Waals surface area (Å²) in [6.07, 6.45) is 3.68. The Kier molecular flexibility index (Phi) is 6.14. The van der Waals surface area contributed by atoms with Gasteiger partial charge in [0, 0.05) is 42.8 Å². The van der Waals surface area contributed by atoms with Crippen molar-refractivity contribution in [3.63, 3.8) is 0 Å². The lowest BCUT2D eigenvalue weighted by Crippen LogP contribution is -2.50. The van der Waals surface area contributed by atoms with E-state index in [-0.39, 0.29) is 12.0 Å². The van der Waals surface area contributed by atoms with Crippen LogP contribution < -0.4 is 0 Å². The van der Waals surface area contributed by atoms with Gasteiger partial charge in [0.2, 0.25) is 0 Å². The monoisotopic (exact) mass is 429 g/mol. The van der Waals surface area contributed by atoms with E-state index in [0.29, 0.717) is 44.3 Å². The molecule has 160 valence electrons. The largest absolute Gasteiger partial charge is 0.449 e. The van der Waals surface area contributed by atoms with E-state index >= 15 is 0 Å². The molecule has 0 N–H and O–H groups in total. The van der Waals surface area contributed by atoms with Crippen molar-refractivity contribution in [1.29, 1.82) is 0 Å².